The molecular formula is C18H19BClN5O2. The topological polar surface area (TPSA) is 103 Å². The lowest BCUT2D eigenvalue weighted by Gasteiger charge is -2.18. The SMILES string of the molecule is Cc1cnc(Nc2cc(Cl)c3c(c2)COB3O)nc1NC1CCC[C@@H]1C#N. The van der Waals surface area contributed by atoms with E-state index in [1.807, 2.05) is 13.0 Å². The summed E-state index contributed by atoms with van der Waals surface area (Å²) >= 11 is 6.27. The molecule has 7 nitrogen and oxygen atoms in total. The van der Waals surface area contributed by atoms with E-state index >= 15 is 0 Å². The van der Waals surface area contributed by atoms with E-state index in [9.17, 15) is 10.3 Å². The van der Waals surface area contributed by atoms with Crippen LogP contribution in [0.3, 0.4) is 0 Å². The summed E-state index contributed by atoms with van der Waals surface area (Å²) in [6.07, 6.45) is 4.68. The molecule has 9 heteroatoms. The van der Waals surface area contributed by atoms with Crippen molar-refractivity contribution in [1.29, 1.82) is 5.26 Å². The third-order valence-electron chi connectivity index (χ3n) is 5.09. The van der Waals surface area contributed by atoms with Gasteiger partial charge in [-0.2, -0.15) is 10.2 Å². The van der Waals surface area contributed by atoms with Gasteiger partial charge in [0.1, 0.15) is 5.82 Å². The molecule has 2 heterocycles. The first-order chi connectivity index (χ1) is 13.0. The molecule has 2 atom stereocenters. The van der Waals surface area contributed by atoms with Crippen LogP contribution in [0.15, 0.2) is 18.3 Å². The molecule has 0 saturated heterocycles. The predicted octanol–water partition coefficient (Wildman–Crippen LogP) is 2.50. The van der Waals surface area contributed by atoms with Crippen LogP contribution in [-0.2, 0) is 11.3 Å². The van der Waals surface area contributed by atoms with Crippen LogP contribution in [0.4, 0.5) is 17.5 Å². The molecule has 1 aromatic carbocycles. The van der Waals surface area contributed by atoms with Gasteiger partial charge >= 0.3 is 7.12 Å². The highest BCUT2D eigenvalue weighted by atomic mass is 35.5. The number of hydrogen-bond acceptors (Lipinski definition) is 7. The molecule has 2 aliphatic rings. The molecule has 0 spiro atoms. The van der Waals surface area contributed by atoms with E-state index in [1.54, 1.807) is 12.3 Å². The fourth-order valence-corrected chi connectivity index (χ4v) is 3.97. The van der Waals surface area contributed by atoms with Crippen molar-refractivity contribution >= 4 is 41.6 Å². The molecule has 0 radical (unpaired) electrons. The van der Waals surface area contributed by atoms with Gasteiger partial charge in [-0.25, -0.2) is 4.98 Å². The molecular weight excluding hydrogens is 364 g/mol. The van der Waals surface area contributed by atoms with Gasteiger partial charge in [-0.05, 0) is 43.9 Å². The molecule has 2 aromatic rings. The quantitative estimate of drug-likeness (QED) is 0.697. The number of aromatic nitrogens is 2. The smallest absolute Gasteiger partial charge is 0.423 e. The number of fused-ring (bicyclic) bond motifs is 1. The van der Waals surface area contributed by atoms with Crippen LogP contribution in [0.1, 0.15) is 30.4 Å². The second-order valence-corrected chi connectivity index (χ2v) is 7.37. The third kappa shape index (κ3) is 3.58. The number of anilines is 3. The molecule has 3 N–H and O–H groups in total. The average Bonchev–Trinajstić information content (AvgIpc) is 3.24. The first kappa shape index (κ1) is 18.0. The summed E-state index contributed by atoms with van der Waals surface area (Å²) in [6.45, 7) is 2.25. The maximum atomic E-state index is 9.80. The molecule has 1 aliphatic carbocycles. The lowest BCUT2D eigenvalue weighted by Crippen LogP contribution is -2.29. The molecule has 1 aromatic heterocycles. The van der Waals surface area contributed by atoms with Gasteiger partial charge in [0.15, 0.2) is 0 Å². The summed E-state index contributed by atoms with van der Waals surface area (Å²) in [5.41, 5.74) is 3.10. The minimum Gasteiger partial charge on any atom is -0.423 e. The van der Waals surface area contributed by atoms with Crippen molar-refractivity contribution in [2.24, 2.45) is 5.92 Å². The van der Waals surface area contributed by atoms with E-state index in [-0.39, 0.29) is 12.0 Å². The summed E-state index contributed by atoms with van der Waals surface area (Å²) in [5.74, 6) is 1.17. The highest BCUT2D eigenvalue weighted by Crippen LogP contribution is 2.29. The predicted molar refractivity (Wildman–Crippen MR) is 104 cm³/mol. The number of nitrogens with zero attached hydrogens (tertiary/aromatic N) is 3. The van der Waals surface area contributed by atoms with E-state index in [0.29, 0.717) is 23.0 Å². The zero-order chi connectivity index (χ0) is 19.0. The number of aryl methyl sites for hydroxylation is 1. The lowest BCUT2D eigenvalue weighted by atomic mass is 9.79. The van der Waals surface area contributed by atoms with Crippen molar-refractivity contribution < 1.29 is 9.68 Å². The van der Waals surface area contributed by atoms with E-state index in [0.717, 1.165) is 41.9 Å². The van der Waals surface area contributed by atoms with Crippen molar-refractivity contribution in [2.45, 2.75) is 38.8 Å². The standard InChI is InChI=1S/C18H19BClN5O2/c1-10-8-22-18(25-17(10)24-15-4-2-3-11(15)7-21)23-13-5-12-9-27-19(26)16(12)14(20)6-13/h5-6,8,11,15,26H,2-4,9H2,1H3,(H2,22,23,24,25)/t11-,15?/m1/s1. The number of nitriles is 1. The highest BCUT2D eigenvalue weighted by molar-refractivity contribution is 6.65. The Hall–Kier alpha value is -2.34. The zero-order valence-corrected chi connectivity index (χ0v) is 15.6. The maximum Gasteiger partial charge on any atom is 0.493 e. The number of hydrogen-bond donors (Lipinski definition) is 3. The zero-order valence-electron chi connectivity index (χ0n) is 14.9. The molecule has 138 valence electrons. The molecule has 1 unspecified atom stereocenters. The second-order valence-electron chi connectivity index (χ2n) is 6.96. The summed E-state index contributed by atoms with van der Waals surface area (Å²) in [5, 5.41) is 26.1. The average molecular weight is 384 g/mol. The Balaban J connectivity index is 1.55. The lowest BCUT2D eigenvalue weighted by molar-refractivity contribution is 0.275. The normalized spacial score (nSPS) is 21.0. The number of rotatable bonds is 4. The third-order valence-corrected chi connectivity index (χ3v) is 5.40. The Morgan fingerprint density at radius 2 is 2.26 bits per heavy atom. The van der Waals surface area contributed by atoms with Gasteiger partial charge in [-0.15, -0.1) is 0 Å². The van der Waals surface area contributed by atoms with E-state index in [4.69, 9.17) is 16.3 Å². The van der Waals surface area contributed by atoms with Crippen molar-refractivity contribution in [3.05, 3.63) is 34.5 Å². The number of halogens is 1. The monoisotopic (exact) mass is 383 g/mol. The summed E-state index contributed by atoms with van der Waals surface area (Å²) < 4.78 is 5.21. The molecule has 1 saturated carbocycles. The van der Waals surface area contributed by atoms with Gasteiger partial charge in [-0.3, -0.25) is 0 Å². The van der Waals surface area contributed by atoms with Crippen molar-refractivity contribution in [3.8, 4) is 6.07 Å². The second kappa shape index (κ2) is 7.35. The van der Waals surface area contributed by atoms with Crippen LogP contribution in [0, 0.1) is 24.2 Å². The fourth-order valence-electron chi connectivity index (χ4n) is 3.64. The Labute approximate surface area is 162 Å². The Morgan fingerprint density at radius 3 is 3.07 bits per heavy atom. The minimum absolute atomic E-state index is 0.0118. The van der Waals surface area contributed by atoms with E-state index < -0.39 is 7.12 Å². The maximum absolute atomic E-state index is 9.80. The molecule has 0 bridgehead atoms. The Morgan fingerprint density at radius 1 is 1.41 bits per heavy atom. The van der Waals surface area contributed by atoms with E-state index in [2.05, 4.69) is 26.7 Å². The first-order valence-corrected chi connectivity index (χ1v) is 9.31. The van der Waals surface area contributed by atoms with Gasteiger partial charge in [-0.1, -0.05) is 11.6 Å². The van der Waals surface area contributed by atoms with Gasteiger partial charge in [0.2, 0.25) is 5.95 Å². The molecule has 4 rings (SSSR count). The summed E-state index contributed by atoms with van der Waals surface area (Å²) in [6, 6.07) is 6.08. The summed E-state index contributed by atoms with van der Waals surface area (Å²) in [4.78, 5) is 8.91. The summed E-state index contributed by atoms with van der Waals surface area (Å²) in [7, 11) is -0.979. The first-order valence-electron chi connectivity index (χ1n) is 8.94. The van der Waals surface area contributed by atoms with Crippen molar-refractivity contribution in [2.75, 3.05) is 10.6 Å². The van der Waals surface area contributed by atoms with E-state index in [1.165, 1.54) is 0 Å². The highest BCUT2D eigenvalue weighted by Gasteiger charge is 2.30. The van der Waals surface area contributed by atoms with Crippen LogP contribution >= 0.6 is 11.6 Å². The Bertz CT molecular complexity index is 919. The number of nitrogens with one attached hydrogen (secondary N) is 2. The van der Waals surface area contributed by atoms with Gasteiger partial charge < -0.3 is 20.3 Å². The van der Waals surface area contributed by atoms with Crippen molar-refractivity contribution in [1.82, 2.24) is 9.97 Å². The minimum atomic E-state index is -0.979. The number of benzene rings is 1. The van der Waals surface area contributed by atoms with Crippen LogP contribution < -0.4 is 16.1 Å². The van der Waals surface area contributed by atoms with Gasteiger partial charge in [0.05, 0.1) is 18.6 Å². The Kier molecular flexibility index (Phi) is 4.91. The van der Waals surface area contributed by atoms with Crippen LogP contribution in [-0.4, -0.2) is 28.2 Å². The van der Waals surface area contributed by atoms with Crippen LogP contribution in [0.25, 0.3) is 0 Å². The van der Waals surface area contributed by atoms with Gasteiger partial charge in [0.25, 0.3) is 0 Å². The molecule has 27 heavy (non-hydrogen) atoms. The fraction of sp³-hybridized carbons (Fsp3) is 0.389. The van der Waals surface area contributed by atoms with Crippen molar-refractivity contribution in [3.63, 3.8) is 0 Å². The molecule has 1 aliphatic heterocycles. The van der Waals surface area contributed by atoms with Crippen LogP contribution in [0.2, 0.25) is 5.02 Å². The largest absolute Gasteiger partial charge is 0.493 e. The van der Waals surface area contributed by atoms with Crippen LogP contribution in [0.5, 0.6) is 0 Å². The van der Waals surface area contributed by atoms with Gasteiger partial charge in [0, 0.05) is 34.0 Å². The molecule has 0 amide bonds. The molecule has 1 fully saturated rings.